The van der Waals surface area contributed by atoms with E-state index in [2.05, 4.69) is 10.6 Å². The van der Waals surface area contributed by atoms with Crippen LogP contribution in [0.4, 0.5) is 18.9 Å². The first-order valence-corrected chi connectivity index (χ1v) is 6.63. The SMILES string of the molecule is O=C(CNC1CC1)Nc1ccc(SC(F)(F)F)cc1. The highest BCUT2D eigenvalue weighted by Crippen LogP contribution is 2.36. The van der Waals surface area contributed by atoms with E-state index in [9.17, 15) is 18.0 Å². The molecule has 3 nitrogen and oxygen atoms in total. The maximum Gasteiger partial charge on any atom is 0.446 e. The Morgan fingerprint density at radius 3 is 2.42 bits per heavy atom. The van der Waals surface area contributed by atoms with Crippen LogP contribution >= 0.6 is 11.8 Å². The summed E-state index contributed by atoms with van der Waals surface area (Å²) in [4.78, 5) is 11.6. The molecule has 1 amide bonds. The molecule has 7 heteroatoms. The molecule has 1 fully saturated rings. The molecular formula is C12H13F3N2OS. The van der Waals surface area contributed by atoms with Crippen molar-refractivity contribution in [3.63, 3.8) is 0 Å². The molecule has 0 aromatic heterocycles. The molecule has 19 heavy (non-hydrogen) atoms. The van der Waals surface area contributed by atoms with Crippen LogP contribution < -0.4 is 10.6 Å². The number of carbonyl (C=O) groups excluding carboxylic acids is 1. The van der Waals surface area contributed by atoms with E-state index in [0.717, 1.165) is 12.8 Å². The average molecular weight is 290 g/mol. The molecular weight excluding hydrogens is 277 g/mol. The number of thioether (sulfide) groups is 1. The van der Waals surface area contributed by atoms with Gasteiger partial charge in [-0.3, -0.25) is 4.79 Å². The Hall–Kier alpha value is -1.21. The zero-order valence-corrected chi connectivity index (χ0v) is 10.8. The van der Waals surface area contributed by atoms with Crippen molar-refractivity contribution in [3.8, 4) is 0 Å². The lowest BCUT2D eigenvalue weighted by molar-refractivity contribution is -0.115. The summed E-state index contributed by atoms with van der Waals surface area (Å²) in [6, 6.07) is 6.03. The van der Waals surface area contributed by atoms with E-state index >= 15 is 0 Å². The standard InChI is InChI=1S/C12H13F3N2OS/c13-12(14,15)19-10-5-3-9(4-6-10)17-11(18)7-16-8-1-2-8/h3-6,8,16H,1-2,7H2,(H,17,18). The molecule has 1 saturated carbocycles. The average Bonchev–Trinajstić information content (AvgIpc) is 3.11. The fraction of sp³-hybridized carbons (Fsp3) is 0.417. The molecule has 1 aromatic carbocycles. The molecule has 0 aliphatic heterocycles. The predicted molar refractivity (Wildman–Crippen MR) is 68.0 cm³/mol. The molecule has 1 aliphatic carbocycles. The molecule has 0 heterocycles. The summed E-state index contributed by atoms with van der Waals surface area (Å²) in [5, 5.41) is 5.68. The number of rotatable bonds is 5. The summed E-state index contributed by atoms with van der Waals surface area (Å²) >= 11 is -0.174. The van der Waals surface area contributed by atoms with Gasteiger partial charge in [0.2, 0.25) is 5.91 Å². The predicted octanol–water partition coefficient (Wildman–Crippen LogP) is 2.99. The second kappa shape index (κ2) is 5.83. The van der Waals surface area contributed by atoms with Crippen molar-refractivity contribution in [1.82, 2.24) is 5.32 Å². The number of amides is 1. The van der Waals surface area contributed by atoms with Crippen LogP contribution in [0.25, 0.3) is 0 Å². The van der Waals surface area contributed by atoms with E-state index in [0.29, 0.717) is 11.7 Å². The molecule has 0 bridgehead atoms. The second-order valence-corrected chi connectivity index (χ2v) is 5.41. The van der Waals surface area contributed by atoms with Crippen molar-refractivity contribution in [3.05, 3.63) is 24.3 Å². The molecule has 0 spiro atoms. The first kappa shape index (κ1) is 14.2. The minimum atomic E-state index is -4.29. The highest BCUT2D eigenvalue weighted by Gasteiger charge is 2.29. The number of halogens is 3. The van der Waals surface area contributed by atoms with Gasteiger partial charge in [0.1, 0.15) is 0 Å². The minimum absolute atomic E-state index is 0.0987. The van der Waals surface area contributed by atoms with Gasteiger partial charge in [0, 0.05) is 16.6 Å². The van der Waals surface area contributed by atoms with Gasteiger partial charge in [-0.15, -0.1) is 0 Å². The number of carbonyl (C=O) groups is 1. The summed E-state index contributed by atoms with van der Waals surface area (Å²) in [6.07, 6.45) is 2.19. The molecule has 0 atom stereocenters. The van der Waals surface area contributed by atoms with E-state index in [-0.39, 0.29) is 29.1 Å². The fourth-order valence-corrected chi connectivity index (χ4v) is 2.01. The smallest absolute Gasteiger partial charge is 0.325 e. The molecule has 2 rings (SSSR count). The molecule has 0 saturated heterocycles. The fourth-order valence-electron chi connectivity index (χ4n) is 1.47. The van der Waals surface area contributed by atoms with Gasteiger partial charge in [0.15, 0.2) is 0 Å². The van der Waals surface area contributed by atoms with Gasteiger partial charge in [-0.25, -0.2) is 0 Å². The van der Waals surface area contributed by atoms with E-state index in [1.807, 2.05) is 0 Å². The van der Waals surface area contributed by atoms with Crippen LogP contribution in [0.3, 0.4) is 0 Å². The van der Waals surface area contributed by atoms with Gasteiger partial charge in [-0.2, -0.15) is 13.2 Å². The lowest BCUT2D eigenvalue weighted by Crippen LogP contribution is -2.29. The summed E-state index contributed by atoms with van der Waals surface area (Å²) < 4.78 is 36.4. The normalized spacial score (nSPS) is 15.3. The lowest BCUT2D eigenvalue weighted by Gasteiger charge is -2.08. The quantitative estimate of drug-likeness (QED) is 0.819. The third-order valence-electron chi connectivity index (χ3n) is 2.50. The van der Waals surface area contributed by atoms with Gasteiger partial charge in [0.05, 0.1) is 6.54 Å². The Kier molecular flexibility index (Phi) is 4.36. The van der Waals surface area contributed by atoms with Crippen molar-refractivity contribution in [2.75, 3.05) is 11.9 Å². The van der Waals surface area contributed by atoms with Crippen molar-refractivity contribution in [2.45, 2.75) is 29.3 Å². The minimum Gasteiger partial charge on any atom is -0.325 e. The topological polar surface area (TPSA) is 41.1 Å². The van der Waals surface area contributed by atoms with Crippen LogP contribution in [0.5, 0.6) is 0 Å². The number of anilines is 1. The van der Waals surface area contributed by atoms with E-state index in [1.165, 1.54) is 24.3 Å². The first-order valence-electron chi connectivity index (χ1n) is 5.81. The maximum absolute atomic E-state index is 12.1. The third-order valence-corrected chi connectivity index (χ3v) is 3.24. The Morgan fingerprint density at radius 2 is 1.89 bits per heavy atom. The van der Waals surface area contributed by atoms with Crippen molar-refractivity contribution in [1.29, 1.82) is 0 Å². The molecule has 0 radical (unpaired) electrons. The highest BCUT2D eigenvalue weighted by molar-refractivity contribution is 8.00. The molecule has 0 unspecified atom stereocenters. The molecule has 2 N–H and O–H groups in total. The van der Waals surface area contributed by atoms with Gasteiger partial charge in [0.25, 0.3) is 0 Å². The van der Waals surface area contributed by atoms with E-state index in [4.69, 9.17) is 0 Å². The van der Waals surface area contributed by atoms with Crippen molar-refractivity contribution in [2.24, 2.45) is 0 Å². The third kappa shape index (κ3) is 5.52. The highest BCUT2D eigenvalue weighted by atomic mass is 32.2. The monoisotopic (exact) mass is 290 g/mol. The van der Waals surface area contributed by atoms with Crippen LogP contribution in [0.1, 0.15) is 12.8 Å². The maximum atomic E-state index is 12.1. The first-order chi connectivity index (χ1) is 8.92. The Morgan fingerprint density at radius 1 is 1.26 bits per heavy atom. The van der Waals surface area contributed by atoms with Crippen LogP contribution in [-0.2, 0) is 4.79 Å². The largest absolute Gasteiger partial charge is 0.446 e. The molecule has 1 aliphatic rings. The Labute approximate surface area is 112 Å². The van der Waals surface area contributed by atoms with Crippen molar-refractivity contribution < 1.29 is 18.0 Å². The lowest BCUT2D eigenvalue weighted by atomic mass is 10.3. The van der Waals surface area contributed by atoms with Crippen LogP contribution in [0.15, 0.2) is 29.2 Å². The number of hydrogen-bond donors (Lipinski definition) is 2. The number of hydrogen-bond acceptors (Lipinski definition) is 3. The number of alkyl halides is 3. The van der Waals surface area contributed by atoms with Crippen LogP contribution in [0.2, 0.25) is 0 Å². The van der Waals surface area contributed by atoms with E-state index < -0.39 is 5.51 Å². The van der Waals surface area contributed by atoms with Gasteiger partial charge < -0.3 is 10.6 Å². The summed E-state index contributed by atoms with van der Waals surface area (Å²) in [5.74, 6) is -0.192. The molecule has 104 valence electrons. The van der Waals surface area contributed by atoms with E-state index in [1.54, 1.807) is 0 Å². The summed E-state index contributed by atoms with van der Waals surface area (Å²) in [7, 11) is 0. The van der Waals surface area contributed by atoms with Crippen molar-refractivity contribution >= 4 is 23.4 Å². The molecule has 1 aromatic rings. The summed E-state index contributed by atoms with van der Waals surface area (Å²) in [6.45, 7) is 0.226. The number of nitrogens with one attached hydrogen (secondary N) is 2. The van der Waals surface area contributed by atoms with Crippen LogP contribution in [-0.4, -0.2) is 24.0 Å². The Balaban J connectivity index is 1.81. The zero-order chi connectivity index (χ0) is 13.9. The Bertz CT molecular complexity index is 443. The second-order valence-electron chi connectivity index (χ2n) is 4.28. The zero-order valence-electron chi connectivity index (χ0n) is 9.96. The van der Waals surface area contributed by atoms with Gasteiger partial charge >= 0.3 is 5.51 Å². The van der Waals surface area contributed by atoms with Crippen LogP contribution in [0, 0.1) is 0 Å². The van der Waals surface area contributed by atoms with Gasteiger partial charge in [-0.05, 0) is 48.9 Å². The number of benzene rings is 1. The summed E-state index contributed by atoms with van der Waals surface area (Å²) in [5.41, 5.74) is -3.80. The van der Waals surface area contributed by atoms with Gasteiger partial charge in [-0.1, -0.05) is 0 Å².